The lowest BCUT2D eigenvalue weighted by Crippen LogP contribution is -2.64. The predicted octanol–water partition coefficient (Wildman–Crippen LogP) is 5.36. The summed E-state index contributed by atoms with van der Waals surface area (Å²) in [6.07, 6.45) is 5.55. The van der Waals surface area contributed by atoms with Crippen molar-refractivity contribution in [2.75, 3.05) is 13.2 Å². The summed E-state index contributed by atoms with van der Waals surface area (Å²) in [5.74, 6) is -6.31. The fourth-order valence-electron chi connectivity index (χ4n) is 4.24. The number of rotatable bonds is 19. The molecule has 0 radical (unpaired) electrons. The molecule has 0 saturated heterocycles. The van der Waals surface area contributed by atoms with Crippen LogP contribution in [0, 0.1) is 11.3 Å². The van der Waals surface area contributed by atoms with E-state index >= 15 is 0 Å². The zero-order chi connectivity index (χ0) is 25.9. The molecule has 8 nitrogen and oxygen atoms in total. The van der Waals surface area contributed by atoms with Gasteiger partial charge in [0.15, 0.2) is 5.60 Å². The quantitative estimate of drug-likeness (QED) is 0.183. The van der Waals surface area contributed by atoms with Gasteiger partial charge in [-0.15, -0.1) is 0 Å². The molecular formula is C25H48O8. The summed E-state index contributed by atoms with van der Waals surface area (Å²) in [6.45, 7) is 11.5. The smallest absolute Gasteiger partial charge is 0.337 e. The van der Waals surface area contributed by atoms with Gasteiger partial charge in [0, 0.05) is 13.2 Å². The van der Waals surface area contributed by atoms with E-state index in [0.29, 0.717) is 38.5 Å². The SMILES string of the molecule is CCCCCC(C(=O)O)C(O)(C(=O)O)C(CCCCC)(CCCCC)C(=O)O.CCOCC. The maximum Gasteiger partial charge on any atom is 0.337 e. The van der Waals surface area contributed by atoms with Crippen molar-refractivity contribution in [1.29, 1.82) is 0 Å². The number of hydrogen-bond donors (Lipinski definition) is 4. The van der Waals surface area contributed by atoms with Crippen molar-refractivity contribution in [3.05, 3.63) is 0 Å². The minimum Gasteiger partial charge on any atom is -0.481 e. The molecule has 0 heterocycles. The Morgan fingerprint density at radius 3 is 1.39 bits per heavy atom. The lowest BCUT2D eigenvalue weighted by Gasteiger charge is -2.44. The summed E-state index contributed by atoms with van der Waals surface area (Å²) in [5, 5.41) is 41.1. The van der Waals surface area contributed by atoms with Crippen molar-refractivity contribution in [2.24, 2.45) is 11.3 Å². The highest BCUT2D eigenvalue weighted by atomic mass is 16.5. The first-order valence-electron chi connectivity index (χ1n) is 12.6. The number of unbranched alkanes of at least 4 members (excludes halogenated alkanes) is 6. The van der Waals surface area contributed by atoms with Gasteiger partial charge in [0.2, 0.25) is 0 Å². The fourth-order valence-corrected chi connectivity index (χ4v) is 4.24. The zero-order valence-electron chi connectivity index (χ0n) is 21.4. The van der Waals surface area contributed by atoms with Crippen LogP contribution in [0.4, 0.5) is 0 Å². The Kier molecular flexibility index (Phi) is 19.0. The van der Waals surface area contributed by atoms with E-state index in [4.69, 9.17) is 4.74 Å². The molecule has 2 unspecified atom stereocenters. The monoisotopic (exact) mass is 476 g/mol. The standard InChI is InChI=1S/C21H38O7.C4H10O/c1-4-7-10-13-16(17(22)23)21(28,19(26)27)20(18(24)25,14-11-8-5-2)15-12-9-6-3;1-3-5-4-2/h16,28H,4-15H2,1-3H3,(H,22,23)(H,24,25)(H,26,27);3-4H2,1-2H3. The topological polar surface area (TPSA) is 141 Å². The lowest BCUT2D eigenvalue weighted by molar-refractivity contribution is -0.207. The number of carbonyl (C=O) groups is 3. The van der Waals surface area contributed by atoms with Crippen molar-refractivity contribution in [3.63, 3.8) is 0 Å². The van der Waals surface area contributed by atoms with Crippen molar-refractivity contribution >= 4 is 17.9 Å². The fraction of sp³-hybridized carbons (Fsp3) is 0.880. The van der Waals surface area contributed by atoms with Gasteiger partial charge in [0.05, 0.1) is 5.92 Å². The molecule has 0 aliphatic carbocycles. The number of aliphatic carboxylic acids is 3. The van der Waals surface area contributed by atoms with Crippen LogP contribution in [-0.2, 0) is 19.1 Å². The van der Waals surface area contributed by atoms with E-state index in [9.17, 15) is 34.8 Å². The normalized spacial score (nSPS) is 14.0. The second kappa shape index (κ2) is 18.7. The van der Waals surface area contributed by atoms with Crippen molar-refractivity contribution in [3.8, 4) is 0 Å². The third kappa shape index (κ3) is 10.4. The Balaban J connectivity index is 0. The molecule has 0 bridgehead atoms. The third-order valence-corrected chi connectivity index (χ3v) is 6.19. The van der Waals surface area contributed by atoms with Gasteiger partial charge < -0.3 is 25.2 Å². The number of carboxylic acid groups (broad SMARTS) is 3. The molecule has 0 spiro atoms. The van der Waals surface area contributed by atoms with Gasteiger partial charge in [-0.2, -0.15) is 0 Å². The van der Waals surface area contributed by atoms with E-state index in [1.807, 2.05) is 34.6 Å². The molecule has 0 rings (SSSR count). The minimum atomic E-state index is -2.86. The first-order valence-corrected chi connectivity index (χ1v) is 12.6. The van der Waals surface area contributed by atoms with E-state index < -0.39 is 34.8 Å². The van der Waals surface area contributed by atoms with E-state index in [0.717, 1.165) is 32.5 Å². The average molecular weight is 477 g/mol. The molecule has 0 aromatic heterocycles. The molecule has 0 saturated carbocycles. The summed E-state index contributed by atoms with van der Waals surface area (Å²) < 4.78 is 4.83. The molecule has 0 fully saturated rings. The van der Waals surface area contributed by atoms with Gasteiger partial charge in [-0.05, 0) is 33.1 Å². The first kappa shape index (κ1) is 33.5. The average Bonchev–Trinajstić information content (AvgIpc) is 2.75. The largest absolute Gasteiger partial charge is 0.481 e. The maximum absolute atomic E-state index is 12.4. The molecule has 196 valence electrons. The molecule has 0 aliphatic heterocycles. The van der Waals surface area contributed by atoms with Crippen LogP contribution in [0.2, 0.25) is 0 Å². The van der Waals surface area contributed by atoms with Crippen LogP contribution in [0.5, 0.6) is 0 Å². The Bertz CT molecular complexity index is 537. The highest BCUT2D eigenvalue weighted by Crippen LogP contribution is 2.48. The summed E-state index contributed by atoms with van der Waals surface area (Å²) in [6, 6.07) is 0. The molecule has 0 amide bonds. The number of aliphatic hydroxyl groups is 1. The number of carboxylic acids is 3. The van der Waals surface area contributed by atoms with E-state index in [1.54, 1.807) is 0 Å². The van der Waals surface area contributed by atoms with E-state index in [1.165, 1.54) is 0 Å². The maximum atomic E-state index is 12.4. The second-order valence-electron chi connectivity index (χ2n) is 8.54. The van der Waals surface area contributed by atoms with Crippen LogP contribution in [0.25, 0.3) is 0 Å². The molecular weight excluding hydrogens is 428 g/mol. The van der Waals surface area contributed by atoms with Gasteiger partial charge in [-0.1, -0.05) is 78.6 Å². The molecule has 0 aromatic carbocycles. The van der Waals surface area contributed by atoms with Crippen molar-refractivity contribution < 1.29 is 39.5 Å². The van der Waals surface area contributed by atoms with Crippen LogP contribution >= 0.6 is 0 Å². The molecule has 0 aromatic rings. The molecule has 2 atom stereocenters. The molecule has 4 N–H and O–H groups in total. The van der Waals surface area contributed by atoms with Gasteiger partial charge in [0.25, 0.3) is 0 Å². The molecule has 0 aliphatic rings. The van der Waals surface area contributed by atoms with Gasteiger partial charge in [-0.3, -0.25) is 9.59 Å². The Morgan fingerprint density at radius 2 is 1.12 bits per heavy atom. The second-order valence-corrected chi connectivity index (χ2v) is 8.54. The summed E-state index contributed by atoms with van der Waals surface area (Å²) in [5.41, 5.74) is -4.89. The van der Waals surface area contributed by atoms with E-state index in [2.05, 4.69) is 0 Å². The van der Waals surface area contributed by atoms with Crippen LogP contribution in [0.15, 0.2) is 0 Å². The zero-order valence-corrected chi connectivity index (χ0v) is 21.4. The first-order chi connectivity index (χ1) is 15.6. The number of ether oxygens (including phenoxy) is 1. The van der Waals surface area contributed by atoms with Crippen molar-refractivity contribution in [2.45, 2.75) is 117 Å². The van der Waals surface area contributed by atoms with Crippen molar-refractivity contribution in [1.82, 2.24) is 0 Å². The van der Waals surface area contributed by atoms with Crippen LogP contribution in [0.1, 0.15) is 112 Å². The van der Waals surface area contributed by atoms with Gasteiger partial charge in [-0.25, -0.2) is 4.79 Å². The minimum absolute atomic E-state index is 0.0553. The summed E-state index contributed by atoms with van der Waals surface area (Å²) in [7, 11) is 0. The van der Waals surface area contributed by atoms with E-state index in [-0.39, 0.29) is 19.3 Å². The van der Waals surface area contributed by atoms with Gasteiger partial charge in [0.1, 0.15) is 5.41 Å². The molecule has 33 heavy (non-hydrogen) atoms. The Labute approximate surface area is 199 Å². The predicted molar refractivity (Wildman–Crippen MR) is 128 cm³/mol. The van der Waals surface area contributed by atoms with Crippen LogP contribution < -0.4 is 0 Å². The highest BCUT2D eigenvalue weighted by molar-refractivity contribution is 5.93. The number of hydrogen-bond acceptors (Lipinski definition) is 5. The van der Waals surface area contributed by atoms with Crippen LogP contribution in [-0.4, -0.2) is 57.1 Å². The lowest BCUT2D eigenvalue weighted by atomic mass is 9.59. The third-order valence-electron chi connectivity index (χ3n) is 6.19. The van der Waals surface area contributed by atoms with Crippen LogP contribution in [0.3, 0.4) is 0 Å². The summed E-state index contributed by atoms with van der Waals surface area (Å²) in [4.78, 5) is 36.6. The van der Waals surface area contributed by atoms with Gasteiger partial charge >= 0.3 is 17.9 Å². The highest BCUT2D eigenvalue weighted by Gasteiger charge is 2.65. The Morgan fingerprint density at radius 1 is 0.697 bits per heavy atom. The molecule has 8 heteroatoms. The summed E-state index contributed by atoms with van der Waals surface area (Å²) >= 11 is 0. The Hall–Kier alpha value is -1.67.